The standard InChI is InChI=1S/C28H38Cl2N2O4/c1-6-19(5)31-28(34)24(7-2)32(18-21-10-13-22(29)23(30)16-21)27(33)15-12-20-11-14-25(35-8-3)26(17-20)36-9-4/h10-11,13-14,16-17,19,24H,6-9,12,15,18H2,1-5H3,(H,31,34)/t19-,24-/m0/s1. The summed E-state index contributed by atoms with van der Waals surface area (Å²) in [6.45, 7) is 11.0. The van der Waals surface area contributed by atoms with E-state index in [1.807, 2.05) is 58.9 Å². The van der Waals surface area contributed by atoms with E-state index in [0.29, 0.717) is 47.6 Å². The van der Waals surface area contributed by atoms with Gasteiger partial charge in [0.1, 0.15) is 6.04 Å². The third-order valence-corrected chi connectivity index (χ3v) is 6.70. The second-order valence-electron chi connectivity index (χ2n) is 8.66. The summed E-state index contributed by atoms with van der Waals surface area (Å²) in [5.74, 6) is 1.08. The lowest BCUT2D eigenvalue weighted by atomic mass is 10.1. The van der Waals surface area contributed by atoms with Gasteiger partial charge in [0, 0.05) is 19.0 Å². The Bertz CT molecular complexity index is 1020. The molecule has 2 aromatic carbocycles. The molecule has 0 aliphatic heterocycles. The Morgan fingerprint density at radius 3 is 2.17 bits per heavy atom. The number of carbonyl (C=O) groups is 2. The van der Waals surface area contributed by atoms with E-state index in [9.17, 15) is 9.59 Å². The molecular weight excluding hydrogens is 499 g/mol. The fourth-order valence-corrected chi connectivity index (χ4v) is 4.16. The average molecular weight is 538 g/mol. The van der Waals surface area contributed by atoms with Gasteiger partial charge in [0.15, 0.2) is 11.5 Å². The average Bonchev–Trinajstić information content (AvgIpc) is 2.86. The Kier molecular flexibility index (Phi) is 12.4. The smallest absolute Gasteiger partial charge is 0.243 e. The second kappa shape index (κ2) is 15.0. The molecule has 0 radical (unpaired) electrons. The number of hydrogen-bond acceptors (Lipinski definition) is 4. The van der Waals surface area contributed by atoms with E-state index in [1.165, 1.54) is 0 Å². The highest BCUT2D eigenvalue weighted by Gasteiger charge is 2.29. The normalized spacial score (nSPS) is 12.5. The molecule has 0 fully saturated rings. The molecule has 2 aromatic rings. The van der Waals surface area contributed by atoms with Crippen LogP contribution in [0.2, 0.25) is 10.0 Å². The van der Waals surface area contributed by atoms with E-state index >= 15 is 0 Å². The molecule has 0 aliphatic rings. The lowest BCUT2D eigenvalue weighted by Gasteiger charge is -2.31. The Hall–Kier alpha value is -2.44. The predicted octanol–water partition coefficient (Wildman–Crippen LogP) is 6.45. The van der Waals surface area contributed by atoms with Crippen molar-refractivity contribution in [3.8, 4) is 11.5 Å². The van der Waals surface area contributed by atoms with Crippen molar-refractivity contribution < 1.29 is 19.1 Å². The summed E-state index contributed by atoms with van der Waals surface area (Å²) >= 11 is 12.3. The topological polar surface area (TPSA) is 67.9 Å². The molecule has 0 heterocycles. The molecule has 198 valence electrons. The summed E-state index contributed by atoms with van der Waals surface area (Å²) in [4.78, 5) is 28.3. The van der Waals surface area contributed by atoms with Crippen LogP contribution in [0.25, 0.3) is 0 Å². The van der Waals surface area contributed by atoms with Crippen LogP contribution in [0.1, 0.15) is 65.0 Å². The molecule has 36 heavy (non-hydrogen) atoms. The first-order valence-corrected chi connectivity index (χ1v) is 13.4. The summed E-state index contributed by atoms with van der Waals surface area (Å²) < 4.78 is 11.4. The summed E-state index contributed by atoms with van der Waals surface area (Å²) in [6, 6.07) is 10.4. The number of amides is 2. The van der Waals surface area contributed by atoms with Crippen molar-refractivity contribution >= 4 is 35.0 Å². The van der Waals surface area contributed by atoms with Crippen LogP contribution in [0.5, 0.6) is 11.5 Å². The fourth-order valence-electron chi connectivity index (χ4n) is 3.84. The molecular formula is C28H38Cl2N2O4. The van der Waals surface area contributed by atoms with Crippen molar-refractivity contribution in [3.63, 3.8) is 0 Å². The van der Waals surface area contributed by atoms with Crippen LogP contribution < -0.4 is 14.8 Å². The molecule has 0 saturated carbocycles. The van der Waals surface area contributed by atoms with Gasteiger partial charge in [0.2, 0.25) is 11.8 Å². The Morgan fingerprint density at radius 1 is 0.889 bits per heavy atom. The molecule has 1 N–H and O–H groups in total. The molecule has 0 unspecified atom stereocenters. The number of nitrogens with zero attached hydrogens (tertiary/aromatic N) is 1. The zero-order chi connectivity index (χ0) is 26.7. The van der Waals surface area contributed by atoms with Gasteiger partial charge in [-0.25, -0.2) is 0 Å². The zero-order valence-electron chi connectivity index (χ0n) is 21.9. The van der Waals surface area contributed by atoms with E-state index in [2.05, 4.69) is 5.32 Å². The quantitative estimate of drug-likeness (QED) is 0.301. The van der Waals surface area contributed by atoms with Crippen molar-refractivity contribution in [1.82, 2.24) is 10.2 Å². The van der Waals surface area contributed by atoms with E-state index in [4.69, 9.17) is 32.7 Å². The molecule has 0 saturated heterocycles. The molecule has 8 heteroatoms. The van der Waals surface area contributed by atoms with Gasteiger partial charge in [-0.05, 0) is 75.4 Å². The maximum Gasteiger partial charge on any atom is 0.243 e. The van der Waals surface area contributed by atoms with Crippen LogP contribution in [0.3, 0.4) is 0 Å². The van der Waals surface area contributed by atoms with Crippen LogP contribution >= 0.6 is 23.2 Å². The van der Waals surface area contributed by atoms with Crippen molar-refractivity contribution in [3.05, 3.63) is 57.6 Å². The van der Waals surface area contributed by atoms with Gasteiger partial charge in [-0.15, -0.1) is 0 Å². The molecule has 6 nitrogen and oxygen atoms in total. The molecule has 2 atom stereocenters. The minimum atomic E-state index is -0.597. The number of nitrogens with one attached hydrogen (secondary N) is 1. The largest absolute Gasteiger partial charge is 0.490 e. The number of hydrogen-bond donors (Lipinski definition) is 1. The number of carbonyl (C=O) groups excluding carboxylic acids is 2. The number of halogens is 2. The first-order valence-electron chi connectivity index (χ1n) is 12.7. The lowest BCUT2D eigenvalue weighted by Crippen LogP contribution is -2.50. The summed E-state index contributed by atoms with van der Waals surface area (Å²) in [5, 5.41) is 3.88. The van der Waals surface area contributed by atoms with Crippen molar-refractivity contribution in [2.45, 2.75) is 78.9 Å². The zero-order valence-corrected chi connectivity index (χ0v) is 23.4. The molecule has 2 amide bonds. The monoisotopic (exact) mass is 536 g/mol. The highest BCUT2D eigenvalue weighted by molar-refractivity contribution is 6.42. The van der Waals surface area contributed by atoms with Gasteiger partial charge >= 0.3 is 0 Å². The predicted molar refractivity (Wildman–Crippen MR) is 146 cm³/mol. The van der Waals surface area contributed by atoms with Gasteiger partial charge in [0.05, 0.1) is 23.3 Å². The van der Waals surface area contributed by atoms with Gasteiger partial charge in [0.25, 0.3) is 0 Å². The number of ether oxygens (including phenoxy) is 2. The molecule has 0 bridgehead atoms. The van der Waals surface area contributed by atoms with Gasteiger partial charge in [-0.2, -0.15) is 0 Å². The number of aryl methyl sites for hydroxylation is 1. The van der Waals surface area contributed by atoms with E-state index in [-0.39, 0.29) is 30.8 Å². The van der Waals surface area contributed by atoms with Gasteiger partial charge in [-0.1, -0.05) is 49.2 Å². The Labute approximate surface area is 225 Å². The van der Waals surface area contributed by atoms with Crippen molar-refractivity contribution in [1.29, 1.82) is 0 Å². The maximum absolute atomic E-state index is 13.5. The lowest BCUT2D eigenvalue weighted by molar-refractivity contribution is -0.141. The molecule has 0 aliphatic carbocycles. The molecule has 0 aromatic heterocycles. The third-order valence-electron chi connectivity index (χ3n) is 5.96. The minimum absolute atomic E-state index is 0.0225. The second-order valence-corrected chi connectivity index (χ2v) is 9.47. The van der Waals surface area contributed by atoms with Gasteiger partial charge < -0.3 is 19.7 Å². The highest BCUT2D eigenvalue weighted by Crippen LogP contribution is 2.29. The Balaban J connectivity index is 2.26. The van der Waals surface area contributed by atoms with Crippen molar-refractivity contribution in [2.75, 3.05) is 13.2 Å². The summed E-state index contributed by atoms with van der Waals surface area (Å²) in [6.07, 6.45) is 2.05. The molecule has 0 spiro atoms. The SMILES string of the molecule is CCOc1ccc(CCC(=O)N(Cc2ccc(Cl)c(Cl)c2)[C@@H](CC)C(=O)N[C@@H](C)CC)cc1OCC. The van der Waals surface area contributed by atoms with Crippen LogP contribution in [-0.2, 0) is 22.6 Å². The maximum atomic E-state index is 13.5. The number of benzene rings is 2. The van der Waals surface area contributed by atoms with Crippen LogP contribution in [0.4, 0.5) is 0 Å². The molecule has 2 rings (SSSR count). The van der Waals surface area contributed by atoms with Crippen LogP contribution in [0.15, 0.2) is 36.4 Å². The first kappa shape index (κ1) is 29.8. The Morgan fingerprint density at radius 2 is 1.56 bits per heavy atom. The van der Waals surface area contributed by atoms with E-state index in [1.54, 1.807) is 17.0 Å². The fraction of sp³-hybridized carbons (Fsp3) is 0.500. The van der Waals surface area contributed by atoms with E-state index < -0.39 is 6.04 Å². The van der Waals surface area contributed by atoms with Crippen molar-refractivity contribution in [2.24, 2.45) is 0 Å². The summed E-state index contributed by atoms with van der Waals surface area (Å²) in [7, 11) is 0. The third kappa shape index (κ3) is 8.59. The van der Waals surface area contributed by atoms with E-state index in [0.717, 1.165) is 17.5 Å². The first-order chi connectivity index (χ1) is 17.2. The number of rotatable bonds is 14. The van der Waals surface area contributed by atoms with Crippen LogP contribution in [0, 0.1) is 0 Å². The summed E-state index contributed by atoms with van der Waals surface area (Å²) in [5.41, 5.74) is 1.77. The minimum Gasteiger partial charge on any atom is -0.490 e. The van der Waals surface area contributed by atoms with Gasteiger partial charge in [-0.3, -0.25) is 9.59 Å². The van der Waals surface area contributed by atoms with Crippen LogP contribution in [-0.4, -0.2) is 42.0 Å². The highest BCUT2D eigenvalue weighted by atomic mass is 35.5.